The molecule has 4 N–H and O–H groups in total. The minimum absolute atomic E-state index is 0.296. The lowest BCUT2D eigenvalue weighted by molar-refractivity contribution is 0.367. The van der Waals surface area contributed by atoms with Crippen LogP contribution in [-0.4, -0.2) is 40.7 Å². The molecule has 0 unspecified atom stereocenters. The van der Waals surface area contributed by atoms with Crippen LogP contribution in [0.2, 0.25) is 0 Å². The van der Waals surface area contributed by atoms with Crippen LogP contribution in [-0.2, 0) is 10.4 Å². The molecule has 0 atom stereocenters. The van der Waals surface area contributed by atoms with Gasteiger partial charge in [0.2, 0.25) is 0 Å². The lowest BCUT2D eigenvalue weighted by Gasteiger charge is -2.20. The van der Waals surface area contributed by atoms with Gasteiger partial charge in [0, 0.05) is 18.8 Å². The molecule has 1 aromatic carbocycles. The first-order valence-electron chi connectivity index (χ1n) is 5.26. The minimum Gasteiger partial charge on any atom is -0.508 e. The van der Waals surface area contributed by atoms with Crippen LogP contribution < -0.4 is 5.43 Å². The van der Waals surface area contributed by atoms with Crippen molar-refractivity contribution in [1.82, 2.24) is 5.01 Å². The Morgan fingerprint density at radius 3 is 1.83 bits per heavy atom. The van der Waals surface area contributed by atoms with Crippen LogP contribution in [0.5, 0.6) is 5.75 Å². The number of rotatable bonds is 4. The quantitative estimate of drug-likeness (QED) is 0.374. The topological polar surface area (TPSA) is 110 Å². The maximum absolute atomic E-state index is 9.06. The molecule has 104 valence electrons. The first-order valence-corrected chi connectivity index (χ1v) is 6.66. The average molecular weight is 278 g/mol. The molecule has 0 aliphatic heterocycles. The summed E-state index contributed by atoms with van der Waals surface area (Å²) < 4.78 is 31.6. The number of nitrogens with one attached hydrogen (secondary N) is 1. The molecule has 7 nitrogen and oxygen atoms in total. The highest BCUT2D eigenvalue weighted by atomic mass is 32.3. The Labute approximate surface area is 107 Å². The van der Waals surface area contributed by atoms with E-state index in [1.54, 1.807) is 12.1 Å². The zero-order chi connectivity index (χ0) is 14.2. The molecule has 18 heavy (non-hydrogen) atoms. The summed E-state index contributed by atoms with van der Waals surface area (Å²) >= 11 is 0. The Kier molecular flexibility index (Phi) is 7.29. The largest absolute Gasteiger partial charge is 0.508 e. The summed E-state index contributed by atoms with van der Waals surface area (Å²) in [6.45, 7) is 6.10. The van der Waals surface area contributed by atoms with Crippen molar-refractivity contribution in [2.45, 2.75) is 13.8 Å². The average Bonchev–Trinajstić information content (AvgIpc) is 2.26. The normalized spacial score (nSPS) is 10.7. The highest BCUT2D eigenvalue weighted by Gasteiger charge is 1.97. The number of nitrogens with zero attached hydrogens (tertiary/aromatic N) is 1. The molecule has 0 aromatic heterocycles. The third kappa shape index (κ3) is 9.85. The fourth-order valence-corrected chi connectivity index (χ4v) is 1.10. The molecule has 0 aliphatic rings. The van der Waals surface area contributed by atoms with Crippen molar-refractivity contribution in [3.8, 4) is 5.75 Å². The smallest absolute Gasteiger partial charge is 0.394 e. The summed E-state index contributed by atoms with van der Waals surface area (Å²) in [4.78, 5) is 0. The van der Waals surface area contributed by atoms with Crippen molar-refractivity contribution < 1.29 is 22.6 Å². The molecule has 1 rings (SSSR count). The monoisotopic (exact) mass is 278 g/mol. The number of hydrogen-bond donors (Lipinski definition) is 4. The maximum atomic E-state index is 9.06. The van der Waals surface area contributed by atoms with Crippen LogP contribution in [0, 0.1) is 0 Å². The van der Waals surface area contributed by atoms with Gasteiger partial charge < -0.3 is 10.5 Å². The molecule has 0 saturated heterocycles. The Bertz CT molecular complexity index is 420. The van der Waals surface area contributed by atoms with Crippen molar-refractivity contribution in [3.05, 3.63) is 24.3 Å². The van der Waals surface area contributed by atoms with Crippen LogP contribution in [0.1, 0.15) is 13.8 Å². The van der Waals surface area contributed by atoms with Crippen molar-refractivity contribution in [3.63, 3.8) is 0 Å². The number of phenols is 1. The number of aromatic hydroxyl groups is 1. The number of anilines is 1. The third-order valence-electron chi connectivity index (χ3n) is 1.92. The fraction of sp³-hybridized carbons (Fsp3) is 0.400. The lowest BCUT2D eigenvalue weighted by Crippen LogP contribution is -2.29. The fourth-order valence-electron chi connectivity index (χ4n) is 1.10. The third-order valence-corrected chi connectivity index (χ3v) is 1.92. The zero-order valence-corrected chi connectivity index (χ0v) is 11.1. The second kappa shape index (κ2) is 7.88. The van der Waals surface area contributed by atoms with Crippen molar-refractivity contribution in [2.75, 3.05) is 18.5 Å². The highest BCUT2D eigenvalue weighted by Crippen LogP contribution is 2.13. The molecule has 8 heteroatoms. The summed E-state index contributed by atoms with van der Waals surface area (Å²) in [5.74, 6) is 0.296. The van der Waals surface area contributed by atoms with Gasteiger partial charge in [-0.05, 0) is 24.3 Å². The van der Waals surface area contributed by atoms with Gasteiger partial charge in [0.25, 0.3) is 0 Å². The molecule has 1 aromatic rings. The first-order chi connectivity index (χ1) is 8.26. The molecule has 0 bridgehead atoms. The molecule has 0 spiro atoms. The van der Waals surface area contributed by atoms with Gasteiger partial charge in [-0.2, -0.15) is 8.42 Å². The zero-order valence-electron chi connectivity index (χ0n) is 10.2. The van der Waals surface area contributed by atoms with Gasteiger partial charge in [0.1, 0.15) is 5.75 Å². The van der Waals surface area contributed by atoms with Crippen LogP contribution in [0.4, 0.5) is 5.69 Å². The SMILES string of the molecule is CCN(CC)Nc1ccc(O)cc1.O=S(=O)(O)O. The van der Waals surface area contributed by atoms with E-state index < -0.39 is 10.4 Å². The van der Waals surface area contributed by atoms with Crippen LogP contribution in [0.15, 0.2) is 24.3 Å². The molecule has 0 heterocycles. The first kappa shape index (κ1) is 16.6. The van der Waals surface area contributed by atoms with Gasteiger partial charge in [0.05, 0.1) is 0 Å². The van der Waals surface area contributed by atoms with E-state index in [1.165, 1.54) is 0 Å². The number of benzene rings is 1. The molecule has 0 radical (unpaired) electrons. The molecule has 0 fully saturated rings. The lowest BCUT2D eigenvalue weighted by atomic mass is 10.3. The number of hydrogen-bond acceptors (Lipinski definition) is 5. The van der Waals surface area contributed by atoms with Gasteiger partial charge in [-0.3, -0.25) is 9.11 Å². The van der Waals surface area contributed by atoms with Gasteiger partial charge >= 0.3 is 10.4 Å². The molecule has 0 aliphatic carbocycles. The van der Waals surface area contributed by atoms with E-state index in [0.29, 0.717) is 5.75 Å². The van der Waals surface area contributed by atoms with Crippen LogP contribution in [0.3, 0.4) is 0 Å². The van der Waals surface area contributed by atoms with E-state index in [1.807, 2.05) is 12.1 Å². The predicted molar refractivity (Wildman–Crippen MR) is 68.8 cm³/mol. The molecular weight excluding hydrogens is 260 g/mol. The van der Waals surface area contributed by atoms with Crippen LogP contribution >= 0.6 is 0 Å². The van der Waals surface area contributed by atoms with Gasteiger partial charge in [-0.25, -0.2) is 5.01 Å². The second-order valence-corrected chi connectivity index (χ2v) is 4.17. The van der Waals surface area contributed by atoms with E-state index in [2.05, 4.69) is 24.3 Å². The molecule has 0 amide bonds. The minimum atomic E-state index is -4.67. The maximum Gasteiger partial charge on any atom is 0.394 e. The Morgan fingerprint density at radius 2 is 1.50 bits per heavy atom. The molecular formula is C10H18N2O5S. The van der Waals surface area contributed by atoms with E-state index >= 15 is 0 Å². The standard InChI is InChI=1S/C10H16N2O.H2O4S/c1-3-12(4-2)11-9-5-7-10(13)8-6-9;1-5(2,3)4/h5-8,11,13H,3-4H2,1-2H3;(H2,1,2,3,4). The summed E-state index contributed by atoms with van der Waals surface area (Å²) in [6.07, 6.45) is 0. The van der Waals surface area contributed by atoms with E-state index in [4.69, 9.17) is 22.6 Å². The van der Waals surface area contributed by atoms with Gasteiger partial charge in [-0.1, -0.05) is 13.8 Å². The summed E-state index contributed by atoms with van der Waals surface area (Å²) in [5, 5.41) is 11.2. The van der Waals surface area contributed by atoms with Crippen molar-refractivity contribution in [2.24, 2.45) is 0 Å². The number of hydrazine groups is 1. The highest BCUT2D eigenvalue weighted by molar-refractivity contribution is 7.79. The van der Waals surface area contributed by atoms with Crippen molar-refractivity contribution >= 4 is 16.1 Å². The van der Waals surface area contributed by atoms with E-state index in [0.717, 1.165) is 18.8 Å². The molecule has 0 saturated carbocycles. The van der Waals surface area contributed by atoms with E-state index in [9.17, 15) is 0 Å². The van der Waals surface area contributed by atoms with Crippen LogP contribution in [0.25, 0.3) is 0 Å². The Hall–Kier alpha value is -1.35. The van der Waals surface area contributed by atoms with E-state index in [-0.39, 0.29) is 0 Å². The second-order valence-electron chi connectivity index (χ2n) is 3.28. The summed E-state index contributed by atoms with van der Waals surface area (Å²) in [7, 11) is -4.67. The van der Waals surface area contributed by atoms with Gasteiger partial charge in [-0.15, -0.1) is 0 Å². The van der Waals surface area contributed by atoms with Gasteiger partial charge in [0.15, 0.2) is 0 Å². The van der Waals surface area contributed by atoms with Crippen molar-refractivity contribution in [1.29, 1.82) is 0 Å². The Morgan fingerprint density at radius 1 is 1.11 bits per heavy atom. The number of phenolic OH excluding ortho intramolecular Hbond substituents is 1. The predicted octanol–water partition coefficient (Wildman–Crippen LogP) is 1.41. The summed E-state index contributed by atoms with van der Waals surface area (Å²) in [6, 6.07) is 7.05. The summed E-state index contributed by atoms with van der Waals surface area (Å²) in [5.41, 5.74) is 4.23. The Balaban J connectivity index is 0.000000494.